The number of rotatable bonds is 5. The molecule has 0 bridgehead atoms. The minimum atomic E-state index is -0.379. The monoisotopic (exact) mass is 590 g/mol. The van der Waals surface area contributed by atoms with Crippen LogP contribution in [0.2, 0.25) is 0 Å². The van der Waals surface area contributed by atoms with E-state index in [4.69, 9.17) is 8.83 Å². The van der Waals surface area contributed by atoms with Gasteiger partial charge in [-0.2, -0.15) is 0 Å². The predicted octanol–water partition coefficient (Wildman–Crippen LogP) is 8.88. The zero-order valence-corrected chi connectivity index (χ0v) is 25.3. The van der Waals surface area contributed by atoms with E-state index in [0.717, 1.165) is 73.3 Å². The molecule has 0 spiro atoms. The third-order valence-electron chi connectivity index (χ3n) is 9.08. The van der Waals surface area contributed by atoms with Crippen LogP contribution in [0.3, 0.4) is 0 Å². The summed E-state index contributed by atoms with van der Waals surface area (Å²) in [5, 5.41) is 5.83. The number of anilines is 1. The van der Waals surface area contributed by atoms with Crippen LogP contribution < -0.4 is 16.2 Å². The van der Waals surface area contributed by atoms with Crippen molar-refractivity contribution in [2.75, 3.05) is 18.0 Å². The average molecular weight is 591 g/mol. The molecule has 0 amide bonds. The quantitative estimate of drug-likeness (QED) is 0.148. The molecular formula is C39H30N2O4. The minimum absolute atomic E-state index is 0.374. The van der Waals surface area contributed by atoms with Gasteiger partial charge in [0.05, 0.1) is 11.1 Å². The van der Waals surface area contributed by atoms with Crippen LogP contribution in [0.25, 0.3) is 76.8 Å². The van der Waals surface area contributed by atoms with Gasteiger partial charge in [-0.25, -0.2) is 9.59 Å². The van der Waals surface area contributed by atoms with Gasteiger partial charge >= 0.3 is 11.3 Å². The maximum atomic E-state index is 13.3. The van der Waals surface area contributed by atoms with Gasteiger partial charge in [0, 0.05) is 64.5 Å². The van der Waals surface area contributed by atoms with E-state index in [2.05, 4.69) is 41.5 Å². The highest BCUT2D eigenvalue weighted by Crippen LogP contribution is 2.35. The SMILES string of the molecule is CCN(CC)c1ccc2cc(-c3ccc4c(c3)c3cc(-c5cc6cc7ccccc7cc6oc5=O)ccc3n4C)c(=O)oc2c1. The summed E-state index contributed by atoms with van der Waals surface area (Å²) in [6.45, 7) is 5.97. The van der Waals surface area contributed by atoms with Gasteiger partial charge in [-0.3, -0.25) is 0 Å². The van der Waals surface area contributed by atoms with E-state index in [-0.39, 0.29) is 11.3 Å². The Morgan fingerprint density at radius 2 is 1.13 bits per heavy atom. The van der Waals surface area contributed by atoms with E-state index < -0.39 is 0 Å². The van der Waals surface area contributed by atoms with Crippen LogP contribution in [0.1, 0.15) is 13.8 Å². The summed E-state index contributed by atoms with van der Waals surface area (Å²) in [4.78, 5) is 28.7. The second-order valence-corrected chi connectivity index (χ2v) is 11.5. The van der Waals surface area contributed by atoms with Crippen molar-refractivity contribution in [3.8, 4) is 22.3 Å². The standard InChI is InChI=1S/C39H30N2O4/c1-4-41(5-2)29-13-10-27-19-30(38(42)45-37(27)22-29)25-11-14-34-32(17-25)33-18-26(12-15-35(33)40(34)3)31-20-28-16-23-8-6-7-9-24(23)21-36(28)44-39(31)43/h6-22H,4-5H2,1-3H3. The normalized spacial score (nSPS) is 11.8. The number of aromatic nitrogens is 1. The molecule has 3 aromatic heterocycles. The van der Waals surface area contributed by atoms with Crippen LogP contribution in [0.5, 0.6) is 0 Å². The first-order chi connectivity index (χ1) is 21.9. The number of fused-ring (bicyclic) bond motifs is 6. The number of nitrogens with zero attached hydrogens (tertiary/aromatic N) is 2. The van der Waals surface area contributed by atoms with E-state index >= 15 is 0 Å². The van der Waals surface area contributed by atoms with Gasteiger partial charge in [0.25, 0.3) is 0 Å². The molecule has 5 aromatic carbocycles. The molecule has 0 aliphatic carbocycles. The highest BCUT2D eigenvalue weighted by atomic mass is 16.4. The second kappa shape index (κ2) is 10.2. The summed E-state index contributed by atoms with van der Waals surface area (Å²) in [6.07, 6.45) is 0. The third-order valence-corrected chi connectivity index (χ3v) is 9.08. The largest absolute Gasteiger partial charge is 0.422 e. The van der Waals surface area contributed by atoms with Crippen LogP contribution in [0.15, 0.2) is 122 Å². The van der Waals surface area contributed by atoms with Gasteiger partial charge in [-0.05, 0) is 96.4 Å². The topological polar surface area (TPSA) is 68.6 Å². The fourth-order valence-corrected chi connectivity index (χ4v) is 6.65. The van der Waals surface area contributed by atoms with Gasteiger partial charge in [0.1, 0.15) is 11.2 Å². The zero-order valence-electron chi connectivity index (χ0n) is 25.3. The Labute approximate surface area is 258 Å². The Kier molecular flexibility index (Phi) is 6.13. The summed E-state index contributed by atoms with van der Waals surface area (Å²) in [6, 6.07) is 33.9. The lowest BCUT2D eigenvalue weighted by Gasteiger charge is -2.21. The summed E-state index contributed by atoms with van der Waals surface area (Å²) in [5.74, 6) is 0. The Balaban J connectivity index is 1.26. The predicted molar refractivity (Wildman–Crippen MR) is 184 cm³/mol. The molecule has 6 nitrogen and oxygen atoms in total. The summed E-state index contributed by atoms with van der Waals surface area (Å²) >= 11 is 0. The summed E-state index contributed by atoms with van der Waals surface area (Å²) in [5.41, 5.74) is 6.04. The fourth-order valence-electron chi connectivity index (χ4n) is 6.65. The Hall–Kier alpha value is -5.62. The lowest BCUT2D eigenvalue weighted by Crippen LogP contribution is -2.21. The molecule has 6 heteroatoms. The highest BCUT2D eigenvalue weighted by Gasteiger charge is 2.16. The molecule has 0 saturated heterocycles. The van der Waals surface area contributed by atoms with Crippen molar-refractivity contribution in [2.45, 2.75) is 13.8 Å². The molecule has 0 saturated carbocycles. The fraction of sp³-hybridized carbons (Fsp3) is 0.128. The molecule has 0 radical (unpaired) electrons. The van der Waals surface area contributed by atoms with Gasteiger partial charge in [0.2, 0.25) is 0 Å². The highest BCUT2D eigenvalue weighted by molar-refractivity contribution is 6.10. The molecule has 220 valence electrons. The molecule has 0 N–H and O–H groups in total. The molecule has 8 aromatic rings. The molecule has 0 atom stereocenters. The lowest BCUT2D eigenvalue weighted by atomic mass is 10.00. The van der Waals surface area contributed by atoms with Crippen LogP contribution in [0, 0.1) is 0 Å². The van der Waals surface area contributed by atoms with Crippen LogP contribution in [0.4, 0.5) is 5.69 Å². The van der Waals surface area contributed by atoms with Crippen molar-refractivity contribution in [2.24, 2.45) is 7.05 Å². The van der Waals surface area contributed by atoms with E-state index in [0.29, 0.717) is 22.3 Å². The molecule has 0 aliphatic rings. The van der Waals surface area contributed by atoms with Crippen molar-refractivity contribution < 1.29 is 8.83 Å². The molecule has 45 heavy (non-hydrogen) atoms. The van der Waals surface area contributed by atoms with Crippen molar-refractivity contribution >= 4 is 60.2 Å². The van der Waals surface area contributed by atoms with Gasteiger partial charge in [0.15, 0.2) is 0 Å². The van der Waals surface area contributed by atoms with Gasteiger partial charge in [-0.1, -0.05) is 36.4 Å². The molecular weight excluding hydrogens is 560 g/mol. The van der Waals surface area contributed by atoms with E-state index in [9.17, 15) is 9.59 Å². The van der Waals surface area contributed by atoms with Crippen molar-refractivity contribution in [3.05, 3.63) is 124 Å². The first-order valence-electron chi connectivity index (χ1n) is 15.2. The maximum Gasteiger partial charge on any atom is 0.344 e. The number of hydrogen-bond acceptors (Lipinski definition) is 5. The van der Waals surface area contributed by atoms with E-state index in [1.807, 2.05) is 92.0 Å². The number of aryl methyl sites for hydroxylation is 1. The molecule has 0 aliphatic heterocycles. The first-order valence-corrected chi connectivity index (χ1v) is 15.2. The van der Waals surface area contributed by atoms with E-state index in [1.54, 1.807) is 0 Å². The van der Waals surface area contributed by atoms with Crippen molar-refractivity contribution in [1.82, 2.24) is 4.57 Å². The van der Waals surface area contributed by atoms with Crippen LogP contribution in [-0.4, -0.2) is 17.7 Å². The Bertz CT molecular complexity index is 2580. The van der Waals surface area contributed by atoms with E-state index in [1.165, 1.54) is 0 Å². The van der Waals surface area contributed by atoms with Crippen LogP contribution >= 0.6 is 0 Å². The van der Waals surface area contributed by atoms with Gasteiger partial charge < -0.3 is 18.3 Å². The average Bonchev–Trinajstić information content (AvgIpc) is 3.34. The first kappa shape index (κ1) is 27.0. The number of benzene rings is 5. The second-order valence-electron chi connectivity index (χ2n) is 11.5. The van der Waals surface area contributed by atoms with Crippen LogP contribution in [-0.2, 0) is 7.05 Å². The zero-order chi connectivity index (χ0) is 30.8. The van der Waals surface area contributed by atoms with Gasteiger partial charge in [-0.15, -0.1) is 0 Å². The Morgan fingerprint density at radius 3 is 1.73 bits per heavy atom. The summed E-state index contributed by atoms with van der Waals surface area (Å²) < 4.78 is 13.8. The van der Waals surface area contributed by atoms with Crippen molar-refractivity contribution in [1.29, 1.82) is 0 Å². The smallest absolute Gasteiger partial charge is 0.344 e. The molecule has 0 fully saturated rings. The molecule has 0 unspecified atom stereocenters. The molecule has 8 rings (SSSR count). The maximum absolute atomic E-state index is 13.3. The summed E-state index contributed by atoms with van der Waals surface area (Å²) in [7, 11) is 2.03. The van der Waals surface area contributed by atoms with Crippen molar-refractivity contribution in [3.63, 3.8) is 0 Å². The minimum Gasteiger partial charge on any atom is -0.422 e. The lowest BCUT2D eigenvalue weighted by molar-refractivity contribution is 0.563. The number of hydrogen-bond donors (Lipinski definition) is 0. The Morgan fingerprint density at radius 1 is 0.578 bits per heavy atom. The molecule has 3 heterocycles. The third kappa shape index (κ3) is 4.32.